The fourth-order valence-corrected chi connectivity index (χ4v) is 3.29. The summed E-state index contributed by atoms with van der Waals surface area (Å²) in [6, 6.07) is 12.4. The predicted molar refractivity (Wildman–Crippen MR) is 106 cm³/mol. The van der Waals surface area contributed by atoms with Crippen molar-refractivity contribution in [2.75, 3.05) is 24.6 Å². The summed E-state index contributed by atoms with van der Waals surface area (Å²) in [4.78, 5) is 14.5. The van der Waals surface area contributed by atoms with E-state index in [1.165, 1.54) is 29.4 Å². The fourth-order valence-electron chi connectivity index (χ4n) is 3.29. The third kappa shape index (κ3) is 5.04. The maximum Gasteiger partial charge on any atom is 0.573 e. The average Bonchev–Trinajstić information content (AvgIpc) is 3.30. The molecule has 0 spiro atoms. The molecule has 7 nitrogen and oxygen atoms in total. The van der Waals surface area contributed by atoms with E-state index in [9.17, 15) is 18.0 Å². The molecule has 1 saturated heterocycles. The first-order valence-electron chi connectivity index (χ1n) is 9.52. The third-order valence-electron chi connectivity index (χ3n) is 4.73. The SMILES string of the molecule is O=C(c1cn[nH]c1)N(c1ccc(OC(F)(F)F)cc1)c1ccc([C@H]2CNCCO2)cc1. The molecule has 1 aliphatic heterocycles. The number of morpholine rings is 1. The summed E-state index contributed by atoms with van der Waals surface area (Å²) >= 11 is 0. The van der Waals surface area contributed by atoms with Crippen LogP contribution in [0.2, 0.25) is 0 Å². The number of hydrogen-bond acceptors (Lipinski definition) is 5. The number of carbonyl (C=O) groups is 1. The van der Waals surface area contributed by atoms with E-state index in [-0.39, 0.29) is 17.8 Å². The van der Waals surface area contributed by atoms with Gasteiger partial charge in [-0.05, 0) is 42.0 Å². The van der Waals surface area contributed by atoms with Gasteiger partial charge in [-0.3, -0.25) is 14.8 Å². The average molecular weight is 432 g/mol. The fraction of sp³-hybridized carbons (Fsp3) is 0.238. The lowest BCUT2D eigenvalue weighted by atomic mass is 10.1. The lowest BCUT2D eigenvalue weighted by Gasteiger charge is -2.26. The molecule has 3 aromatic rings. The number of ether oxygens (including phenoxy) is 2. The zero-order chi connectivity index (χ0) is 21.8. The van der Waals surface area contributed by atoms with Crippen molar-refractivity contribution >= 4 is 17.3 Å². The smallest absolute Gasteiger partial charge is 0.406 e. The molecule has 1 aromatic heterocycles. The first-order valence-corrected chi connectivity index (χ1v) is 9.52. The van der Waals surface area contributed by atoms with Gasteiger partial charge < -0.3 is 14.8 Å². The van der Waals surface area contributed by atoms with Gasteiger partial charge in [-0.2, -0.15) is 5.10 Å². The highest BCUT2D eigenvalue weighted by atomic mass is 19.4. The second-order valence-corrected chi connectivity index (χ2v) is 6.82. The van der Waals surface area contributed by atoms with Crippen molar-refractivity contribution in [3.05, 3.63) is 72.1 Å². The lowest BCUT2D eigenvalue weighted by molar-refractivity contribution is -0.274. The molecule has 1 amide bonds. The van der Waals surface area contributed by atoms with Gasteiger partial charge in [0.1, 0.15) is 5.75 Å². The highest BCUT2D eigenvalue weighted by Gasteiger charge is 2.31. The quantitative estimate of drug-likeness (QED) is 0.638. The number of benzene rings is 2. The van der Waals surface area contributed by atoms with Crippen molar-refractivity contribution in [3.63, 3.8) is 0 Å². The maximum atomic E-state index is 13.1. The van der Waals surface area contributed by atoms with E-state index in [0.717, 1.165) is 24.2 Å². The highest BCUT2D eigenvalue weighted by Crippen LogP contribution is 2.32. The van der Waals surface area contributed by atoms with Crippen LogP contribution in [-0.2, 0) is 4.74 Å². The number of halogens is 3. The van der Waals surface area contributed by atoms with Gasteiger partial charge in [0.15, 0.2) is 0 Å². The van der Waals surface area contributed by atoms with Crippen molar-refractivity contribution < 1.29 is 27.4 Å². The van der Waals surface area contributed by atoms with E-state index in [2.05, 4.69) is 20.3 Å². The zero-order valence-corrected chi connectivity index (χ0v) is 16.2. The predicted octanol–water partition coefficient (Wildman–Crippen LogP) is 3.95. The van der Waals surface area contributed by atoms with Crippen molar-refractivity contribution in [1.82, 2.24) is 15.5 Å². The van der Waals surface area contributed by atoms with Crippen LogP contribution in [-0.4, -0.2) is 42.2 Å². The Morgan fingerprint density at radius 2 is 1.77 bits per heavy atom. The molecule has 0 bridgehead atoms. The van der Waals surface area contributed by atoms with Gasteiger partial charge in [-0.25, -0.2) is 0 Å². The molecule has 0 aliphatic carbocycles. The van der Waals surface area contributed by atoms with Crippen LogP contribution in [0.5, 0.6) is 5.75 Å². The maximum absolute atomic E-state index is 13.1. The summed E-state index contributed by atoms with van der Waals surface area (Å²) in [5.41, 5.74) is 2.19. The van der Waals surface area contributed by atoms with E-state index < -0.39 is 6.36 Å². The number of amides is 1. The Kier molecular flexibility index (Phi) is 5.92. The van der Waals surface area contributed by atoms with Crippen molar-refractivity contribution in [1.29, 1.82) is 0 Å². The molecule has 10 heteroatoms. The van der Waals surface area contributed by atoms with Gasteiger partial charge in [0.25, 0.3) is 5.91 Å². The molecule has 4 rings (SSSR count). The van der Waals surface area contributed by atoms with E-state index in [1.54, 1.807) is 12.1 Å². The molecule has 1 atom stereocenters. The molecule has 2 N–H and O–H groups in total. The second-order valence-electron chi connectivity index (χ2n) is 6.82. The summed E-state index contributed by atoms with van der Waals surface area (Å²) in [6.07, 6.45) is -2.04. The Bertz CT molecular complexity index is 1000. The Balaban J connectivity index is 1.64. The Labute approximate surface area is 175 Å². The number of alkyl halides is 3. The first-order chi connectivity index (χ1) is 14.9. The number of H-pyrrole nitrogens is 1. The standard InChI is InChI=1S/C21H19F3N4O3/c22-21(23,24)31-18-7-5-17(6-8-18)28(20(29)15-11-26-27-12-15)16-3-1-14(2-4-16)19-13-25-9-10-30-19/h1-8,11-12,19,25H,9-10,13H2,(H,26,27)/t19-/m1/s1. The van der Waals surface area contributed by atoms with E-state index in [1.807, 2.05) is 12.1 Å². The number of anilines is 2. The minimum absolute atomic E-state index is 0.0837. The monoisotopic (exact) mass is 432 g/mol. The normalized spacial score (nSPS) is 16.7. The number of aromatic nitrogens is 2. The summed E-state index contributed by atoms with van der Waals surface area (Å²) in [5.74, 6) is -0.758. The molecule has 31 heavy (non-hydrogen) atoms. The van der Waals surface area contributed by atoms with Gasteiger partial charge in [-0.15, -0.1) is 13.2 Å². The van der Waals surface area contributed by atoms with Crippen LogP contribution >= 0.6 is 0 Å². The molecule has 0 saturated carbocycles. The van der Waals surface area contributed by atoms with Gasteiger partial charge in [-0.1, -0.05) is 12.1 Å². The summed E-state index contributed by atoms with van der Waals surface area (Å²) < 4.78 is 47.0. The Morgan fingerprint density at radius 3 is 2.32 bits per heavy atom. The van der Waals surface area contributed by atoms with Crippen LogP contribution in [0.3, 0.4) is 0 Å². The number of hydrogen-bond donors (Lipinski definition) is 2. The van der Waals surface area contributed by atoms with Crippen molar-refractivity contribution in [3.8, 4) is 5.75 Å². The molecule has 1 aliphatic rings. The summed E-state index contributed by atoms with van der Waals surface area (Å²) in [6.45, 7) is 2.11. The molecular formula is C21H19F3N4O3. The molecular weight excluding hydrogens is 413 g/mol. The van der Waals surface area contributed by atoms with Gasteiger partial charge in [0, 0.05) is 30.7 Å². The van der Waals surface area contributed by atoms with E-state index in [4.69, 9.17) is 4.74 Å². The van der Waals surface area contributed by atoms with Crippen LogP contribution in [0.25, 0.3) is 0 Å². The number of nitrogens with zero attached hydrogens (tertiary/aromatic N) is 2. The third-order valence-corrected chi connectivity index (χ3v) is 4.73. The van der Waals surface area contributed by atoms with Crippen molar-refractivity contribution in [2.45, 2.75) is 12.5 Å². The number of rotatable bonds is 5. The molecule has 2 heterocycles. The van der Waals surface area contributed by atoms with Crippen molar-refractivity contribution in [2.24, 2.45) is 0 Å². The highest BCUT2D eigenvalue weighted by molar-refractivity contribution is 6.10. The minimum Gasteiger partial charge on any atom is -0.406 e. The first kappa shape index (κ1) is 20.9. The van der Waals surface area contributed by atoms with Crippen LogP contribution in [0.15, 0.2) is 60.9 Å². The number of carbonyl (C=O) groups excluding carboxylic acids is 1. The molecule has 0 radical (unpaired) electrons. The summed E-state index contributed by atoms with van der Waals surface area (Å²) in [5, 5.41) is 9.65. The van der Waals surface area contributed by atoms with Crippen LogP contribution in [0, 0.1) is 0 Å². The molecule has 0 unspecified atom stereocenters. The minimum atomic E-state index is -4.79. The zero-order valence-electron chi connectivity index (χ0n) is 16.2. The van der Waals surface area contributed by atoms with Gasteiger partial charge >= 0.3 is 6.36 Å². The Morgan fingerprint density at radius 1 is 1.10 bits per heavy atom. The summed E-state index contributed by atoms with van der Waals surface area (Å²) in [7, 11) is 0. The van der Waals surface area contributed by atoms with Crippen LogP contribution in [0.1, 0.15) is 22.0 Å². The topological polar surface area (TPSA) is 79.5 Å². The van der Waals surface area contributed by atoms with Crippen LogP contribution < -0.4 is 15.0 Å². The number of aromatic amines is 1. The van der Waals surface area contributed by atoms with Gasteiger partial charge in [0.05, 0.1) is 24.5 Å². The molecule has 162 valence electrons. The second kappa shape index (κ2) is 8.78. The Hall–Kier alpha value is -3.37. The molecule has 2 aromatic carbocycles. The molecule has 1 fully saturated rings. The van der Waals surface area contributed by atoms with E-state index >= 15 is 0 Å². The lowest BCUT2D eigenvalue weighted by Crippen LogP contribution is -2.33. The van der Waals surface area contributed by atoms with Gasteiger partial charge in [0.2, 0.25) is 0 Å². The largest absolute Gasteiger partial charge is 0.573 e. The van der Waals surface area contributed by atoms with Crippen LogP contribution in [0.4, 0.5) is 24.5 Å². The van der Waals surface area contributed by atoms with E-state index in [0.29, 0.717) is 30.1 Å². The number of nitrogens with one attached hydrogen (secondary N) is 2.